The molecule has 3 N–H and O–H groups in total. The fourth-order valence-electron chi connectivity index (χ4n) is 3.01. The molecular formula is C20H21N3O2S. The standard InChI is InChI=1S/C20H21N3O2S/c24-10-9-17(18-6-3-11-26-18)23-19-12-15(20(25)21-13-7-8-13)14-4-1-2-5-16(14)22-19/h1-6,11-13,17,24H,7-10H2,(H,21,25)(H,22,23). The molecular weight excluding hydrogens is 346 g/mol. The predicted octanol–water partition coefficient (Wildman–Crippen LogP) is 3.72. The highest BCUT2D eigenvalue weighted by atomic mass is 32.1. The zero-order chi connectivity index (χ0) is 17.9. The number of aliphatic hydroxyl groups is 1. The molecule has 6 heteroatoms. The van der Waals surface area contributed by atoms with Crippen LogP contribution in [-0.4, -0.2) is 28.6 Å². The van der Waals surface area contributed by atoms with Crippen LogP contribution in [0.25, 0.3) is 10.9 Å². The first kappa shape index (κ1) is 17.0. The number of hydrogen-bond acceptors (Lipinski definition) is 5. The van der Waals surface area contributed by atoms with Crippen LogP contribution in [0.1, 0.15) is 40.5 Å². The Morgan fingerprint density at radius 3 is 2.85 bits per heavy atom. The number of nitrogens with one attached hydrogen (secondary N) is 2. The first-order chi connectivity index (χ1) is 12.7. The van der Waals surface area contributed by atoms with Crippen LogP contribution in [0.3, 0.4) is 0 Å². The maximum atomic E-state index is 12.7. The van der Waals surface area contributed by atoms with E-state index in [-0.39, 0.29) is 18.6 Å². The second-order valence-electron chi connectivity index (χ2n) is 6.54. The first-order valence-corrected chi connectivity index (χ1v) is 9.74. The zero-order valence-electron chi connectivity index (χ0n) is 14.3. The molecule has 1 aliphatic rings. The molecule has 3 aromatic rings. The summed E-state index contributed by atoms with van der Waals surface area (Å²) in [5, 5.41) is 18.7. The largest absolute Gasteiger partial charge is 0.396 e. The number of para-hydroxylation sites is 1. The summed E-state index contributed by atoms with van der Waals surface area (Å²) in [5.41, 5.74) is 1.42. The minimum absolute atomic E-state index is 0.0343. The van der Waals surface area contributed by atoms with Gasteiger partial charge >= 0.3 is 0 Å². The number of anilines is 1. The van der Waals surface area contributed by atoms with E-state index in [1.165, 1.54) is 0 Å². The van der Waals surface area contributed by atoms with E-state index in [4.69, 9.17) is 0 Å². The molecule has 1 aliphatic carbocycles. The number of aliphatic hydroxyl groups excluding tert-OH is 1. The smallest absolute Gasteiger partial charge is 0.252 e. The molecule has 1 saturated carbocycles. The van der Waals surface area contributed by atoms with Gasteiger partial charge in [-0.2, -0.15) is 0 Å². The number of benzene rings is 1. The third kappa shape index (κ3) is 3.71. The highest BCUT2D eigenvalue weighted by Gasteiger charge is 2.25. The number of nitrogens with zero attached hydrogens (tertiary/aromatic N) is 1. The van der Waals surface area contributed by atoms with Crippen LogP contribution in [0, 0.1) is 0 Å². The Bertz CT molecular complexity index is 907. The van der Waals surface area contributed by atoms with Gasteiger partial charge in [0.25, 0.3) is 5.91 Å². The molecule has 0 aliphatic heterocycles. The summed E-state index contributed by atoms with van der Waals surface area (Å²) in [4.78, 5) is 18.5. The monoisotopic (exact) mass is 367 g/mol. The van der Waals surface area contributed by atoms with E-state index in [1.807, 2.05) is 47.8 Å². The predicted molar refractivity (Wildman–Crippen MR) is 105 cm³/mol. The van der Waals surface area contributed by atoms with Crippen molar-refractivity contribution < 1.29 is 9.90 Å². The summed E-state index contributed by atoms with van der Waals surface area (Å²) in [6.45, 7) is 0.0815. The van der Waals surface area contributed by atoms with Crippen LogP contribution < -0.4 is 10.6 Å². The number of thiophene rings is 1. The first-order valence-electron chi connectivity index (χ1n) is 8.86. The van der Waals surface area contributed by atoms with Gasteiger partial charge in [-0.25, -0.2) is 4.98 Å². The SMILES string of the molecule is O=C(NC1CC1)c1cc(NC(CCO)c2cccs2)nc2ccccc12. The second kappa shape index (κ2) is 7.43. The lowest BCUT2D eigenvalue weighted by Gasteiger charge is -2.18. The molecule has 5 nitrogen and oxygen atoms in total. The van der Waals surface area contributed by atoms with Gasteiger partial charge in [-0.05, 0) is 42.8 Å². The Labute approximate surface area is 156 Å². The Morgan fingerprint density at radius 2 is 2.12 bits per heavy atom. The van der Waals surface area contributed by atoms with Crippen molar-refractivity contribution in [3.8, 4) is 0 Å². The Hall–Kier alpha value is -2.44. The molecule has 1 unspecified atom stereocenters. The van der Waals surface area contributed by atoms with Crippen LogP contribution in [0.2, 0.25) is 0 Å². The van der Waals surface area contributed by atoms with Gasteiger partial charge < -0.3 is 15.7 Å². The number of aromatic nitrogens is 1. The average Bonchev–Trinajstić information content (AvgIpc) is 3.29. The molecule has 0 radical (unpaired) electrons. The van der Waals surface area contributed by atoms with E-state index in [1.54, 1.807) is 11.3 Å². The van der Waals surface area contributed by atoms with Crippen molar-refractivity contribution in [2.45, 2.75) is 31.3 Å². The molecule has 1 fully saturated rings. The quantitative estimate of drug-likeness (QED) is 0.595. The highest BCUT2D eigenvalue weighted by molar-refractivity contribution is 7.10. The van der Waals surface area contributed by atoms with Crippen molar-refractivity contribution in [1.29, 1.82) is 0 Å². The number of fused-ring (bicyclic) bond motifs is 1. The second-order valence-corrected chi connectivity index (χ2v) is 7.52. The average molecular weight is 367 g/mol. The van der Waals surface area contributed by atoms with Gasteiger partial charge in [-0.1, -0.05) is 24.3 Å². The van der Waals surface area contributed by atoms with Crippen molar-refractivity contribution in [2.75, 3.05) is 11.9 Å². The van der Waals surface area contributed by atoms with Crippen LogP contribution in [0.15, 0.2) is 47.8 Å². The van der Waals surface area contributed by atoms with E-state index >= 15 is 0 Å². The molecule has 26 heavy (non-hydrogen) atoms. The normalized spacial score (nSPS) is 15.0. The molecule has 1 atom stereocenters. The van der Waals surface area contributed by atoms with E-state index in [0.717, 1.165) is 28.6 Å². The molecule has 1 aromatic carbocycles. The molecule has 134 valence electrons. The Kier molecular flexibility index (Phi) is 4.86. The van der Waals surface area contributed by atoms with Gasteiger partial charge in [0, 0.05) is 22.9 Å². The third-order valence-corrected chi connectivity index (χ3v) is 5.49. The summed E-state index contributed by atoms with van der Waals surface area (Å²) < 4.78 is 0. The highest BCUT2D eigenvalue weighted by Crippen LogP contribution is 2.28. The van der Waals surface area contributed by atoms with Crippen LogP contribution in [-0.2, 0) is 0 Å². The van der Waals surface area contributed by atoms with Crippen molar-refractivity contribution >= 4 is 34.0 Å². The van der Waals surface area contributed by atoms with E-state index < -0.39 is 0 Å². The number of amides is 1. The lowest BCUT2D eigenvalue weighted by molar-refractivity contribution is 0.0952. The summed E-state index contributed by atoms with van der Waals surface area (Å²) >= 11 is 1.64. The topological polar surface area (TPSA) is 74.2 Å². The van der Waals surface area contributed by atoms with Crippen molar-refractivity contribution in [1.82, 2.24) is 10.3 Å². The van der Waals surface area contributed by atoms with Gasteiger partial charge in [-0.3, -0.25) is 4.79 Å². The van der Waals surface area contributed by atoms with E-state index in [2.05, 4.69) is 15.6 Å². The molecule has 1 amide bonds. The minimum Gasteiger partial charge on any atom is -0.396 e. The van der Waals surface area contributed by atoms with Crippen LogP contribution in [0.4, 0.5) is 5.82 Å². The maximum Gasteiger partial charge on any atom is 0.252 e. The molecule has 0 spiro atoms. The lowest BCUT2D eigenvalue weighted by atomic mass is 10.1. The van der Waals surface area contributed by atoms with Crippen LogP contribution in [0.5, 0.6) is 0 Å². The number of carbonyl (C=O) groups excluding carboxylic acids is 1. The number of rotatable bonds is 7. The molecule has 0 saturated heterocycles. The Balaban J connectivity index is 1.69. The fourth-order valence-corrected chi connectivity index (χ4v) is 3.82. The van der Waals surface area contributed by atoms with Crippen molar-refractivity contribution in [3.05, 3.63) is 58.3 Å². The summed E-state index contributed by atoms with van der Waals surface area (Å²) in [7, 11) is 0. The fraction of sp³-hybridized carbons (Fsp3) is 0.300. The minimum atomic E-state index is -0.0519. The molecule has 2 aromatic heterocycles. The van der Waals surface area contributed by atoms with Crippen molar-refractivity contribution in [2.24, 2.45) is 0 Å². The van der Waals surface area contributed by atoms with E-state index in [0.29, 0.717) is 23.8 Å². The molecule has 2 heterocycles. The summed E-state index contributed by atoms with van der Waals surface area (Å²) in [5.74, 6) is 0.598. The Morgan fingerprint density at radius 1 is 1.27 bits per heavy atom. The van der Waals surface area contributed by atoms with E-state index in [9.17, 15) is 9.90 Å². The lowest BCUT2D eigenvalue weighted by Crippen LogP contribution is -2.26. The van der Waals surface area contributed by atoms with Crippen molar-refractivity contribution in [3.63, 3.8) is 0 Å². The number of pyridine rings is 1. The molecule has 4 rings (SSSR count). The summed E-state index contributed by atoms with van der Waals surface area (Å²) in [6, 6.07) is 13.8. The zero-order valence-corrected chi connectivity index (χ0v) is 15.1. The maximum absolute atomic E-state index is 12.7. The third-order valence-electron chi connectivity index (χ3n) is 4.50. The number of hydrogen-bond donors (Lipinski definition) is 3. The number of carbonyl (C=O) groups is 1. The van der Waals surface area contributed by atoms with Gasteiger partial charge in [0.2, 0.25) is 0 Å². The van der Waals surface area contributed by atoms with Gasteiger partial charge in [0.05, 0.1) is 17.1 Å². The van der Waals surface area contributed by atoms with Gasteiger partial charge in [0.1, 0.15) is 5.82 Å². The van der Waals surface area contributed by atoms with Gasteiger partial charge in [-0.15, -0.1) is 11.3 Å². The van der Waals surface area contributed by atoms with Crippen LogP contribution >= 0.6 is 11.3 Å². The molecule has 0 bridgehead atoms. The summed E-state index contributed by atoms with van der Waals surface area (Å²) in [6.07, 6.45) is 2.69. The van der Waals surface area contributed by atoms with Gasteiger partial charge in [0.15, 0.2) is 0 Å².